The largest absolute Gasteiger partial charge is 0.465 e. The minimum Gasteiger partial charge on any atom is -0.465 e. The number of aryl methyl sites for hydroxylation is 1. The van der Waals surface area contributed by atoms with Crippen LogP contribution in [0.15, 0.2) is 48.7 Å². The van der Waals surface area contributed by atoms with Crippen molar-refractivity contribution in [3.05, 3.63) is 60.0 Å². The summed E-state index contributed by atoms with van der Waals surface area (Å²) in [5.74, 6) is -0.617. The Balaban J connectivity index is 2.17. The first-order valence-electron chi connectivity index (χ1n) is 6.53. The van der Waals surface area contributed by atoms with Crippen LogP contribution in [0.2, 0.25) is 0 Å². The second-order valence-corrected chi connectivity index (χ2v) is 4.88. The van der Waals surface area contributed by atoms with Crippen LogP contribution in [0.25, 0.3) is 22.0 Å². The molecule has 0 fully saturated rings. The van der Waals surface area contributed by atoms with Gasteiger partial charge in [-0.1, -0.05) is 18.2 Å². The molecule has 0 radical (unpaired) electrons. The molecule has 0 aliphatic rings. The van der Waals surface area contributed by atoms with Gasteiger partial charge in [0, 0.05) is 29.7 Å². The number of carbonyl (C=O) groups is 1. The van der Waals surface area contributed by atoms with E-state index in [9.17, 15) is 9.18 Å². The molecule has 1 heterocycles. The number of hydrogen-bond acceptors (Lipinski definition) is 2. The van der Waals surface area contributed by atoms with Gasteiger partial charge in [-0.15, -0.1) is 0 Å². The maximum absolute atomic E-state index is 13.0. The normalized spacial score (nSPS) is 10.8. The first-order valence-corrected chi connectivity index (χ1v) is 6.53. The lowest BCUT2D eigenvalue weighted by Crippen LogP contribution is -2.00. The predicted molar refractivity (Wildman–Crippen MR) is 79.7 cm³/mol. The maximum atomic E-state index is 13.0. The summed E-state index contributed by atoms with van der Waals surface area (Å²) < 4.78 is 19.7. The molecule has 0 spiro atoms. The molecule has 2 aromatic carbocycles. The number of benzene rings is 2. The summed E-state index contributed by atoms with van der Waals surface area (Å²) in [5.41, 5.74) is 3.38. The maximum Gasteiger partial charge on any atom is 0.337 e. The molecular weight excluding hydrogens is 269 g/mol. The van der Waals surface area contributed by atoms with Gasteiger partial charge in [0.25, 0.3) is 0 Å². The standard InChI is InChI=1S/C17H14FNO2/c1-19-10-15(11-3-6-13(18)7-4-11)14-8-5-12(9-16(14)19)17(20)21-2/h3-10H,1-2H3. The third-order valence-electron chi connectivity index (χ3n) is 3.57. The predicted octanol–water partition coefficient (Wildman–Crippen LogP) is 3.77. The molecule has 3 nitrogen and oxygen atoms in total. The number of methoxy groups -OCH3 is 1. The molecule has 0 bridgehead atoms. The summed E-state index contributed by atoms with van der Waals surface area (Å²) >= 11 is 0. The van der Waals surface area contributed by atoms with E-state index >= 15 is 0 Å². The number of carbonyl (C=O) groups excluding carboxylic acids is 1. The molecular formula is C17H14FNO2. The molecule has 4 heteroatoms. The van der Waals surface area contributed by atoms with Gasteiger partial charge in [0.1, 0.15) is 5.82 Å². The van der Waals surface area contributed by atoms with Crippen LogP contribution in [0.3, 0.4) is 0 Å². The van der Waals surface area contributed by atoms with E-state index in [1.807, 2.05) is 23.9 Å². The summed E-state index contributed by atoms with van der Waals surface area (Å²) in [4.78, 5) is 11.6. The number of nitrogens with zero attached hydrogens (tertiary/aromatic N) is 1. The highest BCUT2D eigenvalue weighted by atomic mass is 19.1. The Morgan fingerprint density at radius 2 is 1.86 bits per heavy atom. The lowest BCUT2D eigenvalue weighted by atomic mass is 10.0. The molecule has 106 valence electrons. The van der Waals surface area contributed by atoms with Crippen LogP contribution in [-0.4, -0.2) is 17.6 Å². The highest BCUT2D eigenvalue weighted by molar-refractivity contribution is 6.00. The van der Waals surface area contributed by atoms with Crippen LogP contribution in [0.4, 0.5) is 4.39 Å². The monoisotopic (exact) mass is 283 g/mol. The van der Waals surface area contributed by atoms with Crippen molar-refractivity contribution in [2.75, 3.05) is 7.11 Å². The quantitative estimate of drug-likeness (QED) is 0.670. The van der Waals surface area contributed by atoms with Gasteiger partial charge in [-0.25, -0.2) is 9.18 Å². The summed E-state index contributed by atoms with van der Waals surface area (Å²) in [6.45, 7) is 0. The van der Waals surface area contributed by atoms with E-state index in [1.54, 1.807) is 24.3 Å². The summed E-state index contributed by atoms with van der Waals surface area (Å²) in [6, 6.07) is 11.8. The zero-order chi connectivity index (χ0) is 15.0. The van der Waals surface area contributed by atoms with E-state index in [4.69, 9.17) is 4.74 Å². The van der Waals surface area contributed by atoms with Crippen LogP contribution < -0.4 is 0 Å². The van der Waals surface area contributed by atoms with Crippen LogP contribution in [0, 0.1) is 5.82 Å². The summed E-state index contributed by atoms with van der Waals surface area (Å²) in [6.07, 6.45) is 1.97. The minimum atomic E-state index is -0.360. The van der Waals surface area contributed by atoms with Gasteiger partial charge in [-0.3, -0.25) is 0 Å². The van der Waals surface area contributed by atoms with Crippen LogP contribution in [0.1, 0.15) is 10.4 Å². The number of esters is 1. The number of ether oxygens (including phenoxy) is 1. The topological polar surface area (TPSA) is 31.2 Å². The number of aromatic nitrogens is 1. The molecule has 0 amide bonds. The number of halogens is 1. The Labute approximate surface area is 121 Å². The van der Waals surface area contributed by atoms with E-state index in [2.05, 4.69) is 0 Å². The number of hydrogen-bond donors (Lipinski definition) is 0. The zero-order valence-electron chi connectivity index (χ0n) is 11.8. The second kappa shape index (κ2) is 5.05. The van der Waals surface area contributed by atoms with Crippen molar-refractivity contribution in [2.24, 2.45) is 7.05 Å². The smallest absolute Gasteiger partial charge is 0.337 e. The molecule has 0 aliphatic carbocycles. The van der Waals surface area contributed by atoms with Gasteiger partial charge in [-0.05, 0) is 29.8 Å². The minimum absolute atomic E-state index is 0.257. The molecule has 3 rings (SSSR count). The molecule has 3 aromatic rings. The highest BCUT2D eigenvalue weighted by Gasteiger charge is 2.12. The van der Waals surface area contributed by atoms with Crippen molar-refractivity contribution in [1.82, 2.24) is 4.57 Å². The fourth-order valence-electron chi connectivity index (χ4n) is 2.49. The van der Waals surface area contributed by atoms with E-state index in [0.29, 0.717) is 5.56 Å². The fraction of sp³-hybridized carbons (Fsp3) is 0.118. The summed E-state index contributed by atoms with van der Waals surface area (Å²) in [5, 5.41) is 1.01. The molecule has 0 aliphatic heterocycles. The third kappa shape index (κ3) is 2.29. The Morgan fingerprint density at radius 3 is 2.52 bits per heavy atom. The average molecular weight is 283 g/mol. The van der Waals surface area contributed by atoms with Crippen LogP contribution >= 0.6 is 0 Å². The Morgan fingerprint density at radius 1 is 1.14 bits per heavy atom. The Bertz CT molecular complexity index is 819. The van der Waals surface area contributed by atoms with Gasteiger partial charge in [0.05, 0.1) is 12.7 Å². The Hall–Kier alpha value is -2.62. The lowest BCUT2D eigenvalue weighted by Gasteiger charge is -2.02. The van der Waals surface area contributed by atoms with Gasteiger partial charge < -0.3 is 9.30 Å². The Kier molecular flexibility index (Phi) is 3.22. The summed E-state index contributed by atoms with van der Waals surface area (Å²) in [7, 11) is 3.28. The third-order valence-corrected chi connectivity index (χ3v) is 3.57. The van der Waals surface area contributed by atoms with E-state index in [1.165, 1.54) is 19.2 Å². The van der Waals surface area contributed by atoms with Gasteiger partial charge in [-0.2, -0.15) is 0 Å². The first-order chi connectivity index (χ1) is 10.1. The molecule has 0 N–H and O–H groups in total. The number of fused-ring (bicyclic) bond motifs is 1. The first kappa shape index (κ1) is 13.4. The van der Waals surface area contributed by atoms with Gasteiger partial charge in [0.2, 0.25) is 0 Å². The van der Waals surface area contributed by atoms with E-state index in [0.717, 1.165) is 22.0 Å². The van der Waals surface area contributed by atoms with Gasteiger partial charge in [0.15, 0.2) is 0 Å². The van der Waals surface area contributed by atoms with Crippen molar-refractivity contribution in [3.63, 3.8) is 0 Å². The highest BCUT2D eigenvalue weighted by Crippen LogP contribution is 2.31. The average Bonchev–Trinajstić information content (AvgIpc) is 2.84. The molecule has 0 saturated carbocycles. The number of rotatable bonds is 2. The van der Waals surface area contributed by atoms with Crippen molar-refractivity contribution >= 4 is 16.9 Å². The molecule has 21 heavy (non-hydrogen) atoms. The van der Waals surface area contributed by atoms with Crippen LogP contribution in [-0.2, 0) is 11.8 Å². The van der Waals surface area contributed by atoms with Crippen molar-refractivity contribution in [1.29, 1.82) is 0 Å². The molecule has 0 unspecified atom stereocenters. The van der Waals surface area contributed by atoms with Gasteiger partial charge >= 0.3 is 5.97 Å². The van der Waals surface area contributed by atoms with Crippen LogP contribution in [0.5, 0.6) is 0 Å². The molecule has 0 saturated heterocycles. The molecule has 0 atom stereocenters. The van der Waals surface area contributed by atoms with E-state index in [-0.39, 0.29) is 11.8 Å². The SMILES string of the molecule is COC(=O)c1ccc2c(-c3ccc(F)cc3)cn(C)c2c1. The van der Waals surface area contributed by atoms with Crippen molar-refractivity contribution in [2.45, 2.75) is 0 Å². The van der Waals surface area contributed by atoms with Crippen molar-refractivity contribution in [3.8, 4) is 11.1 Å². The van der Waals surface area contributed by atoms with Crippen molar-refractivity contribution < 1.29 is 13.9 Å². The second-order valence-electron chi connectivity index (χ2n) is 4.88. The van der Waals surface area contributed by atoms with E-state index < -0.39 is 0 Å². The zero-order valence-corrected chi connectivity index (χ0v) is 11.8. The molecule has 1 aromatic heterocycles. The lowest BCUT2D eigenvalue weighted by molar-refractivity contribution is 0.0601. The fourth-order valence-corrected chi connectivity index (χ4v) is 2.49.